The first kappa shape index (κ1) is 14.3. The van der Waals surface area contributed by atoms with Gasteiger partial charge in [-0.05, 0) is 32.0 Å². The van der Waals surface area contributed by atoms with Gasteiger partial charge in [0.2, 0.25) is 0 Å². The third kappa shape index (κ3) is 3.63. The average molecular weight is 253 g/mol. The van der Waals surface area contributed by atoms with E-state index < -0.39 is 5.60 Å². The molecule has 0 aliphatic carbocycles. The van der Waals surface area contributed by atoms with Crippen LogP contribution in [0.15, 0.2) is 18.2 Å². The predicted molar refractivity (Wildman–Crippen MR) is 68.1 cm³/mol. The number of phenolic OH excluding ortho intramolecular Hbond substituents is 1. The number of aromatic hydroxyl groups is 1. The van der Waals surface area contributed by atoms with Crippen molar-refractivity contribution in [3.05, 3.63) is 23.8 Å². The molecule has 0 saturated heterocycles. The summed E-state index contributed by atoms with van der Waals surface area (Å²) < 4.78 is 10.2. The minimum atomic E-state index is -0.454. The number of benzene rings is 1. The van der Waals surface area contributed by atoms with E-state index in [0.717, 1.165) is 0 Å². The lowest BCUT2D eigenvalue weighted by atomic mass is 10.1. The van der Waals surface area contributed by atoms with E-state index >= 15 is 0 Å². The zero-order valence-electron chi connectivity index (χ0n) is 11.1. The summed E-state index contributed by atoms with van der Waals surface area (Å²) >= 11 is 0. The lowest BCUT2D eigenvalue weighted by Gasteiger charge is -2.23. The maximum Gasteiger partial charge on any atom is 0.255 e. The summed E-state index contributed by atoms with van der Waals surface area (Å²) in [6, 6.07) is 4.50. The van der Waals surface area contributed by atoms with Crippen LogP contribution in [0.25, 0.3) is 0 Å². The van der Waals surface area contributed by atoms with Crippen LogP contribution < -0.4 is 10.1 Å². The van der Waals surface area contributed by atoms with E-state index in [0.29, 0.717) is 12.3 Å². The SMILES string of the molecule is COc1ccc(O)c(C(=O)NCC(C)(C)OC)c1. The highest BCUT2D eigenvalue weighted by molar-refractivity contribution is 5.97. The molecule has 0 aliphatic rings. The van der Waals surface area contributed by atoms with Gasteiger partial charge in [-0.2, -0.15) is 0 Å². The third-order valence-electron chi connectivity index (χ3n) is 2.68. The molecule has 0 spiro atoms. The van der Waals surface area contributed by atoms with Crippen molar-refractivity contribution >= 4 is 5.91 Å². The highest BCUT2D eigenvalue weighted by atomic mass is 16.5. The summed E-state index contributed by atoms with van der Waals surface area (Å²) in [4.78, 5) is 11.9. The number of phenols is 1. The standard InChI is InChI=1S/C13H19NO4/c1-13(2,18-4)8-14-12(16)10-7-9(17-3)5-6-11(10)15/h5-7,15H,8H2,1-4H3,(H,14,16). The van der Waals surface area contributed by atoms with Crippen LogP contribution in [0.5, 0.6) is 11.5 Å². The summed E-state index contributed by atoms with van der Waals surface area (Å²) in [6.45, 7) is 4.07. The molecule has 0 saturated carbocycles. The number of ether oxygens (including phenoxy) is 2. The molecule has 0 atom stereocenters. The van der Waals surface area contributed by atoms with Crippen LogP contribution in [0.3, 0.4) is 0 Å². The molecular formula is C13H19NO4. The fraction of sp³-hybridized carbons (Fsp3) is 0.462. The maximum absolute atomic E-state index is 11.9. The Labute approximate surface area is 107 Å². The van der Waals surface area contributed by atoms with Crippen molar-refractivity contribution in [2.45, 2.75) is 19.4 Å². The molecule has 18 heavy (non-hydrogen) atoms. The number of hydrogen-bond acceptors (Lipinski definition) is 4. The molecule has 5 heteroatoms. The molecular weight excluding hydrogens is 234 g/mol. The van der Waals surface area contributed by atoms with Crippen LogP contribution in [-0.2, 0) is 4.74 Å². The molecule has 0 unspecified atom stereocenters. The van der Waals surface area contributed by atoms with Crippen molar-refractivity contribution in [1.82, 2.24) is 5.32 Å². The smallest absolute Gasteiger partial charge is 0.255 e. The highest BCUT2D eigenvalue weighted by Crippen LogP contribution is 2.22. The Kier molecular flexibility index (Phi) is 4.55. The summed E-state index contributed by atoms with van der Waals surface area (Å²) in [5.41, 5.74) is -0.273. The van der Waals surface area contributed by atoms with Crippen LogP contribution in [-0.4, -0.2) is 37.4 Å². The number of hydrogen-bond donors (Lipinski definition) is 2. The number of amides is 1. The lowest BCUT2D eigenvalue weighted by molar-refractivity contribution is 0.0228. The fourth-order valence-electron chi connectivity index (χ4n) is 1.28. The normalized spacial score (nSPS) is 11.1. The van der Waals surface area contributed by atoms with Crippen molar-refractivity contribution < 1.29 is 19.4 Å². The van der Waals surface area contributed by atoms with E-state index in [1.165, 1.54) is 19.2 Å². The van der Waals surface area contributed by atoms with Crippen molar-refractivity contribution in [2.24, 2.45) is 0 Å². The molecule has 5 nitrogen and oxygen atoms in total. The van der Waals surface area contributed by atoms with Crippen LogP contribution in [0.4, 0.5) is 0 Å². The van der Waals surface area contributed by atoms with Crippen molar-refractivity contribution in [3.8, 4) is 11.5 Å². The van der Waals surface area contributed by atoms with Crippen molar-refractivity contribution in [2.75, 3.05) is 20.8 Å². The van der Waals surface area contributed by atoms with Gasteiger partial charge in [0.15, 0.2) is 0 Å². The largest absolute Gasteiger partial charge is 0.507 e. The molecule has 1 rings (SSSR count). The van der Waals surface area contributed by atoms with E-state index in [1.807, 2.05) is 13.8 Å². The molecule has 1 amide bonds. The van der Waals surface area contributed by atoms with E-state index in [2.05, 4.69) is 5.32 Å². The Morgan fingerprint density at radius 2 is 2.06 bits per heavy atom. The Balaban J connectivity index is 2.78. The second kappa shape index (κ2) is 5.73. The first-order valence-electron chi connectivity index (χ1n) is 5.60. The quantitative estimate of drug-likeness (QED) is 0.835. The highest BCUT2D eigenvalue weighted by Gasteiger charge is 2.19. The number of carbonyl (C=O) groups excluding carboxylic acids is 1. The van der Waals surface area contributed by atoms with Crippen LogP contribution in [0, 0.1) is 0 Å². The Morgan fingerprint density at radius 1 is 1.39 bits per heavy atom. The van der Waals surface area contributed by atoms with E-state index in [1.54, 1.807) is 13.2 Å². The van der Waals surface area contributed by atoms with Crippen LogP contribution >= 0.6 is 0 Å². The number of methoxy groups -OCH3 is 2. The topological polar surface area (TPSA) is 67.8 Å². The zero-order valence-corrected chi connectivity index (χ0v) is 11.1. The Hall–Kier alpha value is -1.75. The lowest BCUT2D eigenvalue weighted by Crippen LogP contribution is -2.39. The summed E-state index contributed by atoms with van der Waals surface area (Å²) in [6.07, 6.45) is 0. The molecule has 2 N–H and O–H groups in total. The minimum Gasteiger partial charge on any atom is -0.507 e. The number of nitrogens with one attached hydrogen (secondary N) is 1. The first-order chi connectivity index (χ1) is 8.39. The molecule has 100 valence electrons. The zero-order chi connectivity index (χ0) is 13.8. The Bertz CT molecular complexity index is 429. The second-order valence-electron chi connectivity index (χ2n) is 4.53. The summed E-state index contributed by atoms with van der Waals surface area (Å²) in [5.74, 6) is 0.0731. The summed E-state index contributed by atoms with van der Waals surface area (Å²) in [7, 11) is 3.08. The molecule has 0 aliphatic heterocycles. The van der Waals surface area contributed by atoms with Gasteiger partial charge >= 0.3 is 0 Å². The predicted octanol–water partition coefficient (Wildman–Crippen LogP) is 1.56. The van der Waals surface area contributed by atoms with Crippen molar-refractivity contribution in [1.29, 1.82) is 0 Å². The Morgan fingerprint density at radius 3 is 2.61 bits per heavy atom. The fourth-order valence-corrected chi connectivity index (χ4v) is 1.28. The average Bonchev–Trinajstić information content (AvgIpc) is 2.36. The van der Waals surface area contributed by atoms with Gasteiger partial charge < -0.3 is 19.9 Å². The van der Waals surface area contributed by atoms with Gasteiger partial charge in [0.1, 0.15) is 11.5 Å². The molecule has 0 bridgehead atoms. The second-order valence-corrected chi connectivity index (χ2v) is 4.53. The van der Waals surface area contributed by atoms with Gasteiger partial charge in [0, 0.05) is 13.7 Å². The minimum absolute atomic E-state index is 0.0801. The summed E-state index contributed by atoms with van der Waals surface area (Å²) in [5, 5.41) is 12.3. The number of carbonyl (C=O) groups is 1. The van der Waals surface area contributed by atoms with E-state index in [-0.39, 0.29) is 17.2 Å². The van der Waals surface area contributed by atoms with Gasteiger partial charge in [0.25, 0.3) is 5.91 Å². The molecule has 1 aromatic carbocycles. The van der Waals surface area contributed by atoms with Crippen LogP contribution in [0.1, 0.15) is 24.2 Å². The first-order valence-corrected chi connectivity index (χ1v) is 5.60. The number of rotatable bonds is 5. The molecule has 0 aromatic heterocycles. The van der Waals surface area contributed by atoms with E-state index in [4.69, 9.17) is 9.47 Å². The monoisotopic (exact) mass is 253 g/mol. The van der Waals surface area contributed by atoms with Gasteiger partial charge in [-0.25, -0.2) is 0 Å². The van der Waals surface area contributed by atoms with Crippen LogP contribution in [0.2, 0.25) is 0 Å². The van der Waals surface area contributed by atoms with Gasteiger partial charge in [-0.15, -0.1) is 0 Å². The van der Waals surface area contributed by atoms with E-state index in [9.17, 15) is 9.90 Å². The molecule has 0 radical (unpaired) electrons. The van der Waals surface area contributed by atoms with Gasteiger partial charge in [-0.3, -0.25) is 4.79 Å². The maximum atomic E-state index is 11.9. The van der Waals surface area contributed by atoms with Gasteiger partial charge in [-0.1, -0.05) is 0 Å². The molecule has 0 heterocycles. The van der Waals surface area contributed by atoms with Gasteiger partial charge in [0.05, 0.1) is 18.3 Å². The molecule has 0 fully saturated rings. The van der Waals surface area contributed by atoms with Crippen molar-refractivity contribution in [3.63, 3.8) is 0 Å². The third-order valence-corrected chi connectivity index (χ3v) is 2.68. The molecule has 1 aromatic rings.